The molecule has 1 aromatic heterocycles. The number of pyridine rings is 1. The van der Waals surface area contributed by atoms with E-state index in [0.29, 0.717) is 17.7 Å². The van der Waals surface area contributed by atoms with E-state index >= 15 is 0 Å². The summed E-state index contributed by atoms with van der Waals surface area (Å²) >= 11 is 0. The molecule has 0 aliphatic carbocycles. The number of likely N-dealkylation sites (N-methyl/N-ethyl adjacent to an activating group) is 1. The van der Waals surface area contributed by atoms with Gasteiger partial charge in [0.1, 0.15) is 0 Å². The van der Waals surface area contributed by atoms with Crippen molar-refractivity contribution in [2.24, 2.45) is 0 Å². The molecular weight excluding hydrogens is 258 g/mol. The smallest absolute Gasteiger partial charge is 0.328 e. The third kappa shape index (κ3) is 5.19. The fourth-order valence-corrected chi connectivity index (χ4v) is 1.52. The molecule has 0 saturated heterocycles. The van der Waals surface area contributed by atoms with Gasteiger partial charge in [-0.15, -0.1) is 0 Å². The molecule has 0 bridgehead atoms. The van der Waals surface area contributed by atoms with Gasteiger partial charge >= 0.3 is 5.97 Å². The molecule has 1 aromatic rings. The zero-order valence-corrected chi connectivity index (χ0v) is 11.7. The zero-order chi connectivity index (χ0) is 15.0. The molecule has 0 atom stereocenters. The summed E-state index contributed by atoms with van der Waals surface area (Å²) in [5.74, 6) is -1.30. The largest absolute Gasteiger partial charge is 0.478 e. The van der Waals surface area contributed by atoms with Gasteiger partial charge in [-0.1, -0.05) is 6.92 Å². The zero-order valence-electron chi connectivity index (χ0n) is 11.7. The van der Waals surface area contributed by atoms with Gasteiger partial charge in [0, 0.05) is 42.7 Å². The lowest BCUT2D eigenvalue weighted by molar-refractivity contribution is -0.131. The first-order valence-corrected chi connectivity index (χ1v) is 6.36. The Morgan fingerprint density at radius 1 is 1.50 bits per heavy atom. The Labute approximate surface area is 118 Å². The first kappa shape index (κ1) is 15.8. The van der Waals surface area contributed by atoms with E-state index in [9.17, 15) is 9.59 Å². The molecule has 0 unspecified atom stereocenters. The molecule has 6 heteroatoms. The number of hydrogen-bond acceptors (Lipinski definition) is 4. The fraction of sp³-hybridized carbons (Fsp3) is 0.357. The van der Waals surface area contributed by atoms with Crippen LogP contribution in [0.2, 0.25) is 0 Å². The quantitative estimate of drug-likeness (QED) is 0.722. The molecule has 108 valence electrons. The van der Waals surface area contributed by atoms with Crippen molar-refractivity contribution in [3.05, 3.63) is 35.7 Å². The summed E-state index contributed by atoms with van der Waals surface area (Å²) in [5, 5.41) is 11.4. The third-order valence-electron chi connectivity index (χ3n) is 2.82. The van der Waals surface area contributed by atoms with Crippen LogP contribution in [0.15, 0.2) is 24.5 Å². The van der Waals surface area contributed by atoms with Crippen LogP contribution in [0.3, 0.4) is 0 Å². The van der Waals surface area contributed by atoms with Crippen LogP contribution >= 0.6 is 0 Å². The lowest BCUT2D eigenvalue weighted by Gasteiger charge is -2.14. The third-order valence-corrected chi connectivity index (χ3v) is 2.82. The molecule has 0 radical (unpaired) electrons. The van der Waals surface area contributed by atoms with Gasteiger partial charge in [0.15, 0.2) is 0 Å². The van der Waals surface area contributed by atoms with Gasteiger partial charge in [0.2, 0.25) is 0 Å². The highest BCUT2D eigenvalue weighted by Crippen LogP contribution is 2.09. The van der Waals surface area contributed by atoms with E-state index in [1.807, 2.05) is 14.0 Å². The minimum atomic E-state index is -1.07. The minimum Gasteiger partial charge on any atom is -0.478 e. The number of aromatic nitrogens is 1. The molecule has 0 fully saturated rings. The van der Waals surface area contributed by atoms with Crippen molar-refractivity contribution >= 4 is 18.0 Å². The molecule has 0 saturated carbocycles. The lowest BCUT2D eigenvalue weighted by atomic mass is 10.1. The topological polar surface area (TPSA) is 82.5 Å². The standard InChI is InChI=1S/C14H19N3O3/c1-3-17(2)9-8-16-14(20)12-6-7-15-10-11(12)4-5-13(18)19/h4-7,10H,3,8-9H2,1-2H3,(H,16,20)(H,18,19). The molecule has 20 heavy (non-hydrogen) atoms. The Bertz CT molecular complexity index is 500. The van der Waals surface area contributed by atoms with E-state index in [0.717, 1.165) is 19.2 Å². The molecular formula is C14H19N3O3. The molecule has 0 aliphatic heterocycles. The predicted molar refractivity (Wildman–Crippen MR) is 76.4 cm³/mol. The van der Waals surface area contributed by atoms with Crippen LogP contribution in [0.25, 0.3) is 6.08 Å². The number of hydrogen-bond donors (Lipinski definition) is 2. The Morgan fingerprint density at radius 2 is 2.25 bits per heavy atom. The van der Waals surface area contributed by atoms with E-state index in [1.54, 1.807) is 6.07 Å². The number of carboxylic acid groups (broad SMARTS) is 1. The summed E-state index contributed by atoms with van der Waals surface area (Å²) in [6.45, 7) is 4.25. The second-order valence-electron chi connectivity index (χ2n) is 4.29. The maximum absolute atomic E-state index is 12.0. The van der Waals surface area contributed by atoms with Gasteiger partial charge in [0.25, 0.3) is 5.91 Å². The van der Waals surface area contributed by atoms with Gasteiger partial charge in [-0.3, -0.25) is 9.78 Å². The molecule has 1 rings (SSSR count). The van der Waals surface area contributed by atoms with Crippen LogP contribution < -0.4 is 5.32 Å². The van der Waals surface area contributed by atoms with Crippen LogP contribution in [0.4, 0.5) is 0 Å². The van der Waals surface area contributed by atoms with Crippen molar-refractivity contribution < 1.29 is 14.7 Å². The van der Waals surface area contributed by atoms with Crippen molar-refractivity contribution in [3.8, 4) is 0 Å². The van der Waals surface area contributed by atoms with Crippen molar-refractivity contribution in [1.29, 1.82) is 0 Å². The number of rotatable bonds is 7. The number of nitrogens with one attached hydrogen (secondary N) is 1. The number of carbonyl (C=O) groups excluding carboxylic acids is 1. The molecule has 1 amide bonds. The number of nitrogens with zero attached hydrogens (tertiary/aromatic N) is 2. The van der Waals surface area contributed by atoms with Crippen LogP contribution in [0, 0.1) is 0 Å². The number of aliphatic carboxylic acids is 1. The minimum absolute atomic E-state index is 0.234. The Hall–Kier alpha value is -2.21. The van der Waals surface area contributed by atoms with Crippen LogP contribution in [0.5, 0.6) is 0 Å². The maximum Gasteiger partial charge on any atom is 0.328 e. The lowest BCUT2D eigenvalue weighted by Crippen LogP contribution is -2.33. The average Bonchev–Trinajstić information content (AvgIpc) is 2.45. The highest BCUT2D eigenvalue weighted by Gasteiger charge is 2.09. The number of amides is 1. The highest BCUT2D eigenvalue weighted by molar-refractivity contribution is 5.98. The van der Waals surface area contributed by atoms with Gasteiger partial charge in [-0.25, -0.2) is 4.79 Å². The van der Waals surface area contributed by atoms with Gasteiger partial charge in [0.05, 0.1) is 0 Å². The first-order valence-electron chi connectivity index (χ1n) is 6.36. The van der Waals surface area contributed by atoms with Gasteiger partial charge in [-0.2, -0.15) is 0 Å². The SMILES string of the molecule is CCN(C)CCNC(=O)c1ccncc1C=CC(=O)O. The van der Waals surface area contributed by atoms with E-state index in [1.165, 1.54) is 18.5 Å². The second-order valence-corrected chi connectivity index (χ2v) is 4.29. The second kappa shape index (κ2) is 8.06. The summed E-state index contributed by atoms with van der Waals surface area (Å²) in [4.78, 5) is 28.5. The van der Waals surface area contributed by atoms with Crippen molar-refractivity contribution in [1.82, 2.24) is 15.2 Å². The normalized spacial score (nSPS) is 10.9. The van der Waals surface area contributed by atoms with Crippen LogP contribution in [0.1, 0.15) is 22.8 Å². The summed E-state index contributed by atoms with van der Waals surface area (Å²) in [7, 11) is 1.97. The van der Waals surface area contributed by atoms with Crippen molar-refractivity contribution in [2.45, 2.75) is 6.92 Å². The summed E-state index contributed by atoms with van der Waals surface area (Å²) in [5.41, 5.74) is 0.896. The summed E-state index contributed by atoms with van der Waals surface area (Å²) in [6, 6.07) is 1.57. The molecule has 0 spiro atoms. The van der Waals surface area contributed by atoms with Gasteiger partial charge < -0.3 is 15.3 Å². The van der Waals surface area contributed by atoms with E-state index in [2.05, 4.69) is 15.2 Å². The van der Waals surface area contributed by atoms with Crippen molar-refractivity contribution in [2.75, 3.05) is 26.7 Å². The molecule has 2 N–H and O–H groups in total. The van der Waals surface area contributed by atoms with E-state index in [-0.39, 0.29) is 5.91 Å². The number of carbonyl (C=O) groups is 2. The van der Waals surface area contributed by atoms with Crippen LogP contribution in [-0.4, -0.2) is 53.5 Å². The predicted octanol–water partition coefficient (Wildman–Crippen LogP) is 0.861. The van der Waals surface area contributed by atoms with Crippen LogP contribution in [-0.2, 0) is 4.79 Å². The Balaban J connectivity index is 2.70. The van der Waals surface area contributed by atoms with E-state index < -0.39 is 5.97 Å². The molecule has 0 aromatic carbocycles. The average molecular weight is 277 g/mol. The monoisotopic (exact) mass is 277 g/mol. The first-order chi connectivity index (χ1) is 9.54. The fourth-order valence-electron chi connectivity index (χ4n) is 1.52. The summed E-state index contributed by atoms with van der Waals surface area (Å²) in [6.07, 6.45) is 5.32. The number of carboxylic acids is 1. The maximum atomic E-state index is 12.0. The van der Waals surface area contributed by atoms with Crippen molar-refractivity contribution in [3.63, 3.8) is 0 Å². The highest BCUT2D eigenvalue weighted by atomic mass is 16.4. The Kier molecular flexibility index (Phi) is 6.39. The van der Waals surface area contributed by atoms with Gasteiger partial charge in [-0.05, 0) is 25.7 Å². The Morgan fingerprint density at radius 3 is 2.90 bits per heavy atom. The summed E-state index contributed by atoms with van der Waals surface area (Å²) < 4.78 is 0. The molecule has 6 nitrogen and oxygen atoms in total. The molecule has 1 heterocycles. The van der Waals surface area contributed by atoms with E-state index in [4.69, 9.17) is 5.11 Å². The molecule has 0 aliphatic rings.